The van der Waals surface area contributed by atoms with Crippen LogP contribution in [0.1, 0.15) is 35.2 Å². The van der Waals surface area contributed by atoms with Crippen LogP contribution in [0.5, 0.6) is 0 Å². The molecule has 0 N–H and O–H groups in total. The van der Waals surface area contributed by atoms with Crippen molar-refractivity contribution in [2.75, 3.05) is 20.1 Å². The maximum absolute atomic E-state index is 12.7. The zero-order valence-electron chi connectivity index (χ0n) is 15.0. The first-order chi connectivity index (χ1) is 12.5. The second kappa shape index (κ2) is 8.01. The van der Waals surface area contributed by atoms with Gasteiger partial charge in [0.1, 0.15) is 0 Å². The highest BCUT2D eigenvalue weighted by Crippen LogP contribution is 2.19. The number of piperidine rings is 1. The molecule has 138 valence electrons. The van der Waals surface area contributed by atoms with Gasteiger partial charge in [0.05, 0.1) is 4.90 Å². The summed E-state index contributed by atoms with van der Waals surface area (Å²) in [4.78, 5) is 14.5. The quantitative estimate of drug-likeness (QED) is 0.810. The van der Waals surface area contributed by atoms with Crippen molar-refractivity contribution in [3.8, 4) is 0 Å². The van der Waals surface area contributed by atoms with Crippen molar-refractivity contribution in [1.82, 2.24) is 9.21 Å². The number of nitrogens with zero attached hydrogens (tertiary/aromatic N) is 2. The minimum absolute atomic E-state index is 0.0220. The monoisotopic (exact) mass is 372 g/mol. The highest BCUT2D eigenvalue weighted by Gasteiger charge is 2.22. The first-order valence-electron chi connectivity index (χ1n) is 8.88. The van der Waals surface area contributed by atoms with Crippen LogP contribution in [0.25, 0.3) is 0 Å². The lowest BCUT2D eigenvalue weighted by atomic mass is 10.1. The van der Waals surface area contributed by atoms with Crippen LogP contribution in [0.3, 0.4) is 0 Å². The second-order valence-electron chi connectivity index (χ2n) is 6.62. The smallest absolute Gasteiger partial charge is 0.253 e. The number of hydrogen-bond donors (Lipinski definition) is 0. The summed E-state index contributed by atoms with van der Waals surface area (Å²) in [7, 11) is -2.03. The molecule has 0 bridgehead atoms. The van der Waals surface area contributed by atoms with Crippen molar-refractivity contribution in [2.24, 2.45) is 0 Å². The molecule has 1 aliphatic heterocycles. The van der Waals surface area contributed by atoms with E-state index >= 15 is 0 Å². The summed E-state index contributed by atoms with van der Waals surface area (Å²) in [5.41, 5.74) is 1.46. The van der Waals surface area contributed by atoms with Crippen molar-refractivity contribution < 1.29 is 13.2 Å². The molecule has 3 rings (SSSR count). The van der Waals surface area contributed by atoms with Gasteiger partial charge in [0, 0.05) is 32.2 Å². The van der Waals surface area contributed by atoms with Gasteiger partial charge in [-0.2, -0.15) is 4.31 Å². The van der Waals surface area contributed by atoms with Gasteiger partial charge in [-0.1, -0.05) is 30.3 Å². The van der Waals surface area contributed by atoms with E-state index in [0.29, 0.717) is 12.1 Å². The Balaban J connectivity index is 1.73. The predicted octanol–water partition coefficient (Wildman–Crippen LogP) is 3.13. The van der Waals surface area contributed by atoms with E-state index in [4.69, 9.17) is 0 Å². The maximum atomic E-state index is 12.7. The Kier molecular flexibility index (Phi) is 5.74. The van der Waals surface area contributed by atoms with Crippen molar-refractivity contribution >= 4 is 15.9 Å². The molecule has 1 amide bonds. The molecule has 1 aliphatic rings. The highest BCUT2D eigenvalue weighted by molar-refractivity contribution is 7.89. The molecule has 2 aromatic carbocycles. The summed E-state index contributed by atoms with van der Waals surface area (Å²) in [5, 5.41) is 0. The lowest BCUT2D eigenvalue weighted by Crippen LogP contribution is -2.35. The Morgan fingerprint density at radius 3 is 2.19 bits per heavy atom. The number of rotatable bonds is 5. The molecular formula is C20H24N2O3S. The first kappa shape index (κ1) is 18.6. The van der Waals surface area contributed by atoms with Crippen LogP contribution in [0.4, 0.5) is 0 Å². The van der Waals surface area contributed by atoms with Gasteiger partial charge in [0.25, 0.3) is 5.91 Å². The van der Waals surface area contributed by atoms with Gasteiger partial charge < -0.3 is 4.90 Å². The summed E-state index contributed by atoms with van der Waals surface area (Å²) in [6.07, 6.45) is 3.22. The van der Waals surface area contributed by atoms with Crippen LogP contribution in [0.15, 0.2) is 59.5 Å². The molecule has 5 nitrogen and oxygen atoms in total. The number of amides is 1. The molecule has 6 heteroatoms. The van der Waals surface area contributed by atoms with Crippen molar-refractivity contribution in [3.63, 3.8) is 0 Å². The highest BCUT2D eigenvalue weighted by atomic mass is 32.2. The second-order valence-corrected chi connectivity index (χ2v) is 8.67. The summed E-state index contributed by atoms with van der Waals surface area (Å²) in [6, 6.07) is 15.7. The normalized spacial score (nSPS) is 15.2. The first-order valence-corrected chi connectivity index (χ1v) is 10.3. The van der Waals surface area contributed by atoms with Gasteiger partial charge in [-0.3, -0.25) is 4.79 Å². The minimum Gasteiger partial charge on any atom is -0.339 e. The van der Waals surface area contributed by atoms with Crippen molar-refractivity contribution in [1.29, 1.82) is 0 Å². The summed E-state index contributed by atoms with van der Waals surface area (Å²) in [6.45, 7) is 1.86. The van der Waals surface area contributed by atoms with Crippen LogP contribution < -0.4 is 0 Å². The van der Waals surface area contributed by atoms with E-state index in [1.165, 1.54) is 16.4 Å². The Labute approximate surface area is 155 Å². The SMILES string of the molecule is CN(Cc1ccccc1)S(=O)(=O)c1ccc(C(=O)N2CCCCC2)cc1. The Morgan fingerprint density at radius 1 is 0.962 bits per heavy atom. The average Bonchev–Trinajstić information content (AvgIpc) is 2.69. The number of sulfonamides is 1. The lowest BCUT2D eigenvalue weighted by molar-refractivity contribution is 0.0724. The van der Waals surface area contributed by atoms with Gasteiger partial charge in [0.2, 0.25) is 10.0 Å². The Hall–Kier alpha value is -2.18. The van der Waals surface area contributed by atoms with Crippen LogP contribution in [-0.4, -0.2) is 43.7 Å². The van der Waals surface area contributed by atoms with Gasteiger partial charge >= 0.3 is 0 Å². The molecule has 2 aromatic rings. The number of carbonyl (C=O) groups excluding carboxylic acids is 1. The molecule has 1 heterocycles. The van der Waals surface area contributed by atoms with Crippen molar-refractivity contribution in [3.05, 3.63) is 65.7 Å². The zero-order valence-corrected chi connectivity index (χ0v) is 15.8. The van der Waals surface area contributed by atoms with E-state index < -0.39 is 10.0 Å². The standard InChI is InChI=1S/C20H24N2O3S/c1-21(16-17-8-4-2-5-9-17)26(24,25)19-12-10-18(11-13-19)20(23)22-14-6-3-7-15-22/h2,4-5,8-13H,3,6-7,14-16H2,1H3. The van der Waals surface area contributed by atoms with E-state index in [1.807, 2.05) is 35.2 Å². The summed E-state index contributed by atoms with van der Waals surface area (Å²) < 4.78 is 26.8. The van der Waals surface area contributed by atoms with Gasteiger partial charge in [0.15, 0.2) is 0 Å². The third-order valence-electron chi connectivity index (χ3n) is 4.70. The largest absolute Gasteiger partial charge is 0.339 e. The van der Waals surface area contributed by atoms with E-state index in [9.17, 15) is 13.2 Å². The molecular weight excluding hydrogens is 348 g/mol. The maximum Gasteiger partial charge on any atom is 0.253 e. The van der Waals surface area contributed by atoms with E-state index in [2.05, 4.69) is 0 Å². The lowest BCUT2D eigenvalue weighted by Gasteiger charge is -2.26. The van der Waals surface area contributed by atoms with Gasteiger partial charge in [-0.15, -0.1) is 0 Å². The van der Waals surface area contributed by atoms with Crippen LogP contribution in [0.2, 0.25) is 0 Å². The Bertz CT molecular complexity index is 842. The topological polar surface area (TPSA) is 57.7 Å². The third kappa shape index (κ3) is 4.14. The molecule has 0 aromatic heterocycles. The third-order valence-corrected chi connectivity index (χ3v) is 6.52. The van der Waals surface area contributed by atoms with Crippen LogP contribution in [0, 0.1) is 0 Å². The van der Waals surface area contributed by atoms with Crippen LogP contribution >= 0.6 is 0 Å². The van der Waals surface area contributed by atoms with Crippen molar-refractivity contribution in [2.45, 2.75) is 30.7 Å². The number of benzene rings is 2. The molecule has 0 saturated carbocycles. The fourth-order valence-electron chi connectivity index (χ4n) is 3.15. The minimum atomic E-state index is -3.60. The van der Waals surface area contributed by atoms with E-state index in [0.717, 1.165) is 37.9 Å². The van der Waals surface area contributed by atoms with E-state index in [1.54, 1.807) is 19.2 Å². The molecule has 26 heavy (non-hydrogen) atoms. The predicted molar refractivity (Wildman–Crippen MR) is 101 cm³/mol. The fourth-order valence-corrected chi connectivity index (χ4v) is 4.31. The number of carbonyl (C=O) groups is 1. The summed E-state index contributed by atoms with van der Waals surface area (Å²) >= 11 is 0. The molecule has 1 saturated heterocycles. The van der Waals surface area contributed by atoms with Crippen LogP contribution in [-0.2, 0) is 16.6 Å². The van der Waals surface area contributed by atoms with E-state index in [-0.39, 0.29) is 10.8 Å². The molecule has 0 radical (unpaired) electrons. The molecule has 0 atom stereocenters. The Morgan fingerprint density at radius 2 is 1.58 bits per heavy atom. The fraction of sp³-hybridized carbons (Fsp3) is 0.350. The molecule has 0 spiro atoms. The molecule has 1 fully saturated rings. The van der Waals surface area contributed by atoms with Gasteiger partial charge in [-0.05, 0) is 49.1 Å². The molecule has 0 aliphatic carbocycles. The van der Waals surface area contributed by atoms with Gasteiger partial charge in [-0.25, -0.2) is 8.42 Å². The average molecular weight is 372 g/mol. The zero-order chi connectivity index (χ0) is 18.6. The number of likely N-dealkylation sites (tertiary alicyclic amines) is 1. The molecule has 0 unspecified atom stereocenters. The summed E-state index contributed by atoms with van der Waals surface area (Å²) in [5.74, 6) is -0.0220. The number of hydrogen-bond acceptors (Lipinski definition) is 3.